The first-order valence-electron chi connectivity index (χ1n) is 7.01. The summed E-state index contributed by atoms with van der Waals surface area (Å²) in [5.74, 6) is 1.99. The van der Waals surface area contributed by atoms with Crippen LogP contribution in [0.1, 0.15) is 36.8 Å². The second-order valence-electron chi connectivity index (χ2n) is 6.09. The van der Waals surface area contributed by atoms with Crippen molar-refractivity contribution in [3.63, 3.8) is 0 Å². The predicted octanol–water partition coefficient (Wildman–Crippen LogP) is 3.68. The third-order valence-electron chi connectivity index (χ3n) is 4.71. The Morgan fingerprint density at radius 2 is 2.06 bits per heavy atom. The molecule has 3 rings (SSSR count). The van der Waals surface area contributed by atoms with Crippen molar-refractivity contribution in [1.82, 2.24) is 0 Å². The molecular weight excluding hydrogens is 222 g/mol. The minimum absolute atomic E-state index is 0.245. The number of fused-ring (bicyclic) bond motifs is 2. The van der Waals surface area contributed by atoms with Crippen LogP contribution in [-0.4, -0.2) is 5.91 Å². The number of hydrogen-bond donors (Lipinski definition) is 1. The molecule has 2 aliphatic rings. The van der Waals surface area contributed by atoms with Crippen LogP contribution in [0.2, 0.25) is 0 Å². The summed E-state index contributed by atoms with van der Waals surface area (Å²) in [5, 5.41) is 3.13. The number of aryl methyl sites for hydroxylation is 2. The van der Waals surface area contributed by atoms with Crippen LogP contribution in [0.3, 0.4) is 0 Å². The highest BCUT2D eigenvalue weighted by atomic mass is 16.1. The number of carbonyl (C=O) groups is 1. The number of hydrogen-bond acceptors (Lipinski definition) is 1. The Morgan fingerprint density at radius 1 is 1.22 bits per heavy atom. The third-order valence-corrected chi connectivity index (χ3v) is 4.71. The minimum atomic E-state index is 0.245. The van der Waals surface area contributed by atoms with Crippen LogP contribution in [0.5, 0.6) is 0 Å². The molecule has 96 valence electrons. The highest BCUT2D eigenvalue weighted by Crippen LogP contribution is 2.48. The fourth-order valence-electron chi connectivity index (χ4n) is 3.75. The summed E-state index contributed by atoms with van der Waals surface area (Å²) in [5.41, 5.74) is 3.38. The number of benzene rings is 1. The first-order chi connectivity index (χ1) is 8.63. The van der Waals surface area contributed by atoms with Crippen molar-refractivity contribution in [2.24, 2.45) is 17.8 Å². The van der Waals surface area contributed by atoms with Gasteiger partial charge in [0.05, 0.1) is 0 Å². The molecule has 18 heavy (non-hydrogen) atoms. The lowest BCUT2D eigenvalue weighted by Crippen LogP contribution is -2.27. The fraction of sp³-hybridized carbons (Fsp3) is 0.562. The van der Waals surface area contributed by atoms with E-state index in [0.29, 0.717) is 5.92 Å². The van der Waals surface area contributed by atoms with Gasteiger partial charge in [-0.05, 0) is 56.6 Å². The van der Waals surface area contributed by atoms with E-state index >= 15 is 0 Å². The Balaban J connectivity index is 1.71. The topological polar surface area (TPSA) is 29.1 Å². The zero-order valence-electron chi connectivity index (χ0n) is 11.2. The van der Waals surface area contributed by atoms with Crippen molar-refractivity contribution in [1.29, 1.82) is 0 Å². The van der Waals surface area contributed by atoms with Gasteiger partial charge < -0.3 is 5.32 Å². The van der Waals surface area contributed by atoms with E-state index in [2.05, 4.69) is 31.3 Å². The average molecular weight is 243 g/mol. The van der Waals surface area contributed by atoms with Crippen LogP contribution in [0, 0.1) is 31.6 Å². The second kappa shape index (κ2) is 4.42. The van der Waals surface area contributed by atoms with E-state index in [1.165, 1.54) is 24.8 Å². The highest BCUT2D eigenvalue weighted by molar-refractivity contribution is 5.93. The van der Waals surface area contributed by atoms with Gasteiger partial charge in [-0.25, -0.2) is 0 Å². The molecule has 0 heterocycles. The maximum absolute atomic E-state index is 12.3. The largest absolute Gasteiger partial charge is 0.326 e. The number of carbonyl (C=O) groups excluding carboxylic acids is 1. The van der Waals surface area contributed by atoms with Gasteiger partial charge in [0.1, 0.15) is 0 Å². The van der Waals surface area contributed by atoms with Gasteiger partial charge >= 0.3 is 0 Å². The molecule has 2 aliphatic carbocycles. The van der Waals surface area contributed by atoms with Crippen LogP contribution >= 0.6 is 0 Å². The van der Waals surface area contributed by atoms with Crippen molar-refractivity contribution in [2.45, 2.75) is 39.5 Å². The molecule has 3 unspecified atom stereocenters. The number of nitrogens with one attached hydrogen (secondary N) is 1. The van der Waals surface area contributed by atoms with Gasteiger partial charge in [-0.3, -0.25) is 4.79 Å². The third kappa shape index (κ3) is 2.05. The van der Waals surface area contributed by atoms with Crippen LogP contribution < -0.4 is 5.32 Å². The van der Waals surface area contributed by atoms with E-state index < -0.39 is 0 Å². The molecular formula is C16H21NO. The summed E-state index contributed by atoms with van der Waals surface area (Å²) in [6.07, 6.45) is 5.00. The summed E-state index contributed by atoms with van der Waals surface area (Å²) in [4.78, 5) is 12.3. The van der Waals surface area contributed by atoms with Crippen LogP contribution in [0.25, 0.3) is 0 Å². The standard InChI is InChI=1S/C16H21NO/c1-10-3-6-15(11(2)7-10)17-16(18)14-9-12-4-5-13(14)8-12/h3,6-7,12-14H,4-5,8-9H2,1-2H3,(H,17,18). The van der Waals surface area contributed by atoms with Crippen molar-refractivity contribution in [3.05, 3.63) is 29.3 Å². The van der Waals surface area contributed by atoms with Gasteiger partial charge in [0.25, 0.3) is 0 Å². The number of rotatable bonds is 2. The summed E-state index contributed by atoms with van der Waals surface area (Å²) in [6.45, 7) is 4.14. The van der Waals surface area contributed by atoms with E-state index in [0.717, 1.165) is 23.6 Å². The van der Waals surface area contributed by atoms with E-state index in [9.17, 15) is 4.79 Å². The van der Waals surface area contributed by atoms with E-state index in [4.69, 9.17) is 0 Å². The molecule has 2 bridgehead atoms. The summed E-state index contributed by atoms with van der Waals surface area (Å²) >= 11 is 0. The summed E-state index contributed by atoms with van der Waals surface area (Å²) in [7, 11) is 0. The van der Waals surface area contributed by atoms with Gasteiger partial charge in [0, 0.05) is 11.6 Å². The normalized spacial score (nSPS) is 29.6. The quantitative estimate of drug-likeness (QED) is 0.843. The maximum Gasteiger partial charge on any atom is 0.227 e. The minimum Gasteiger partial charge on any atom is -0.326 e. The zero-order chi connectivity index (χ0) is 12.7. The molecule has 2 saturated carbocycles. The molecule has 0 spiro atoms. The highest BCUT2D eigenvalue weighted by Gasteiger charge is 2.43. The first kappa shape index (κ1) is 11.8. The molecule has 2 fully saturated rings. The van der Waals surface area contributed by atoms with Gasteiger partial charge in [-0.15, -0.1) is 0 Å². The lowest BCUT2D eigenvalue weighted by molar-refractivity contribution is -0.121. The van der Waals surface area contributed by atoms with E-state index in [1.807, 2.05) is 6.07 Å². The molecule has 0 aromatic heterocycles. The van der Waals surface area contributed by atoms with Crippen LogP contribution in [0.15, 0.2) is 18.2 Å². The molecule has 2 nitrogen and oxygen atoms in total. The van der Waals surface area contributed by atoms with Crippen LogP contribution in [0.4, 0.5) is 5.69 Å². The van der Waals surface area contributed by atoms with Crippen molar-refractivity contribution in [2.75, 3.05) is 5.32 Å². The van der Waals surface area contributed by atoms with Gasteiger partial charge in [-0.2, -0.15) is 0 Å². The second-order valence-corrected chi connectivity index (χ2v) is 6.09. The lowest BCUT2D eigenvalue weighted by atomic mass is 9.88. The SMILES string of the molecule is Cc1ccc(NC(=O)C2CC3CCC2C3)c(C)c1. The maximum atomic E-state index is 12.3. The molecule has 1 aromatic rings. The molecule has 3 atom stereocenters. The van der Waals surface area contributed by atoms with Crippen molar-refractivity contribution >= 4 is 11.6 Å². The monoisotopic (exact) mass is 243 g/mol. The molecule has 0 saturated heterocycles. The van der Waals surface area contributed by atoms with Gasteiger partial charge in [0.15, 0.2) is 0 Å². The first-order valence-corrected chi connectivity index (χ1v) is 7.01. The molecule has 0 radical (unpaired) electrons. The molecule has 1 amide bonds. The molecule has 1 aromatic carbocycles. The van der Waals surface area contributed by atoms with Gasteiger partial charge in [-0.1, -0.05) is 24.1 Å². The van der Waals surface area contributed by atoms with E-state index in [1.54, 1.807) is 0 Å². The predicted molar refractivity (Wildman–Crippen MR) is 73.5 cm³/mol. The smallest absolute Gasteiger partial charge is 0.227 e. The van der Waals surface area contributed by atoms with Crippen molar-refractivity contribution < 1.29 is 4.79 Å². The lowest BCUT2D eigenvalue weighted by Gasteiger charge is -2.21. The van der Waals surface area contributed by atoms with E-state index in [-0.39, 0.29) is 11.8 Å². The van der Waals surface area contributed by atoms with Crippen molar-refractivity contribution in [3.8, 4) is 0 Å². The Hall–Kier alpha value is -1.31. The Bertz CT molecular complexity index is 480. The summed E-state index contributed by atoms with van der Waals surface area (Å²) in [6, 6.07) is 6.20. The zero-order valence-corrected chi connectivity index (χ0v) is 11.2. The summed E-state index contributed by atoms with van der Waals surface area (Å²) < 4.78 is 0. The molecule has 1 N–H and O–H groups in total. The Labute approximate surface area is 109 Å². The number of amides is 1. The Morgan fingerprint density at radius 3 is 2.67 bits per heavy atom. The van der Waals surface area contributed by atoms with Gasteiger partial charge in [0.2, 0.25) is 5.91 Å². The number of anilines is 1. The Kier molecular flexibility index (Phi) is 2.89. The molecule has 0 aliphatic heterocycles. The van der Waals surface area contributed by atoms with Crippen LogP contribution in [-0.2, 0) is 4.79 Å². The average Bonchev–Trinajstić information content (AvgIpc) is 2.94. The fourth-order valence-corrected chi connectivity index (χ4v) is 3.75. The molecule has 2 heteroatoms.